The fourth-order valence-corrected chi connectivity index (χ4v) is 1.27. The maximum Gasteiger partial charge on any atom is 0.472 e. The highest BCUT2D eigenvalue weighted by molar-refractivity contribution is 7.81. The van der Waals surface area contributed by atoms with E-state index in [0.29, 0.717) is 0 Å². The number of anilines is 1. The maximum absolute atomic E-state index is 12.3. The topological polar surface area (TPSA) is 44.1 Å². The van der Waals surface area contributed by atoms with Crippen LogP contribution >= 0.6 is 12.2 Å². The second kappa shape index (κ2) is 4.93. The van der Waals surface area contributed by atoms with Gasteiger partial charge < -0.3 is 0 Å². The van der Waals surface area contributed by atoms with Crippen molar-refractivity contribution >= 4 is 28.8 Å². The summed E-state index contributed by atoms with van der Waals surface area (Å²) in [6.07, 6.45) is -5.09. The molecule has 1 rings (SSSR count). The smallest absolute Gasteiger partial charge is 0.263 e. The van der Waals surface area contributed by atoms with E-state index in [0.717, 1.165) is 0 Å². The summed E-state index contributed by atoms with van der Waals surface area (Å²) in [5.41, 5.74) is -0.0959. The number of hydrogen-bond donors (Lipinski definition) is 0. The number of para-hydroxylation sites is 1. The lowest BCUT2D eigenvalue weighted by atomic mass is 10.3. The summed E-state index contributed by atoms with van der Waals surface area (Å²) in [5, 5.41) is 8.53. The third kappa shape index (κ3) is 3.01. The molecule has 0 aliphatic carbocycles. The molecule has 0 saturated heterocycles. The van der Waals surface area contributed by atoms with Crippen molar-refractivity contribution in [3.05, 3.63) is 30.3 Å². The predicted molar refractivity (Wildman–Crippen MR) is 58.2 cm³/mol. The SMILES string of the molecule is N#CC(=S)N(C(=O)C(F)(F)F)c1ccccc1. The lowest BCUT2D eigenvalue weighted by molar-refractivity contribution is -0.169. The standard InChI is InChI=1S/C10H5F3N2OS/c11-10(12,13)9(16)15(8(17)6-14)7-4-2-1-3-5-7/h1-5H. The van der Waals surface area contributed by atoms with Gasteiger partial charge in [-0.25, -0.2) is 0 Å². The van der Waals surface area contributed by atoms with Crippen molar-refractivity contribution in [3.8, 4) is 6.07 Å². The fourth-order valence-electron chi connectivity index (χ4n) is 1.08. The van der Waals surface area contributed by atoms with Gasteiger partial charge in [0.25, 0.3) is 0 Å². The lowest BCUT2D eigenvalue weighted by Gasteiger charge is -2.20. The van der Waals surface area contributed by atoms with E-state index < -0.39 is 17.1 Å². The second-order valence-corrected chi connectivity index (χ2v) is 3.28. The molecular weight excluding hydrogens is 253 g/mol. The van der Waals surface area contributed by atoms with Gasteiger partial charge in [-0.1, -0.05) is 18.2 Å². The van der Waals surface area contributed by atoms with Crippen LogP contribution in [-0.4, -0.2) is 17.1 Å². The molecule has 0 aromatic heterocycles. The minimum Gasteiger partial charge on any atom is -0.263 e. The molecule has 0 aliphatic heterocycles. The number of alkyl halides is 3. The van der Waals surface area contributed by atoms with E-state index in [-0.39, 0.29) is 10.6 Å². The van der Waals surface area contributed by atoms with Crippen LogP contribution in [0, 0.1) is 11.3 Å². The van der Waals surface area contributed by atoms with Crippen LogP contribution in [0.2, 0.25) is 0 Å². The van der Waals surface area contributed by atoms with Gasteiger partial charge in [-0.05, 0) is 24.4 Å². The van der Waals surface area contributed by atoms with Crippen molar-refractivity contribution in [2.45, 2.75) is 6.18 Å². The summed E-state index contributed by atoms with van der Waals surface area (Å²) >= 11 is 4.45. The van der Waals surface area contributed by atoms with Crippen molar-refractivity contribution in [2.24, 2.45) is 0 Å². The second-order valence-electron chi connectivity index (χ2n) is 2.89. The summed E-state index contributed by atoms with van der Waals surface area (Å²) in [4.78, 5) is 10.5. The van der Waals surface area contributed by atoms with Gasteiger partial charge in [0, 0.05) is 0 Å². The van der Waals surface area contributed by atoms with Gasteiger partial charge in [-0.15, -0.1) is 0 Å². The van der Waals surface area contributed by atoms with E-state index in [4.69, 9.17) is 5.26 Å². The molecule has 3 nitrogen and oxygen atoms in total. The molecule has 0 N–H and O–H groups in total. The van der Waals surface area contributed by atoms with E-state index in [1.54, 1.807) is 6.07 Å². The van der Waals surface area contributed by atoms with Crippen LogP contribution in [0.3, 0.4) is 0 Å². The number of thiocarbonyl (C=S) groups is 1. The molecular formula is C10H5F3N2OS. The van der Waals surface area contributed by atoms with Gasteiger partial charge in [-0.3, -0.25) is 9.69 Å². The number of hydrogen-bond acceptors (Lipinski definition) is 3. The zero-order valence-corrected chi connectivity index (χ0v) is 9.05. The van der Waals surface area contributed by atoms with Crippen LogP contribution in [0.5, 0.6) is 0 Å². The molecule has 0 spiro atoms. The number of nitriles is 1. The first-order valence-corrected chi connectivity index (χ1v) is 4.69. The van der Waals surface area contributed by atoms with Gasteiger partial charge in [0.15, 0.2) is 4.99 Å². The molecule has 7 heteroatoms. The Balaban J connectivity index is 3.21. The Morgan fingerprint density at radius 3 is 2.24 bits per heavy atom. The van der Waals surface area contributed by atoms with Crippen molar-refractivity contribution in [1.29, 1.82) is 5.26 Å². The minimum atomic E-state index is -5.09. The number of carbonyl (C=O) groups is 1. The van der Waals surface area contributed by atoms with Crippen LogP contribution in [0.25, 0.3) is 0 Å². The number of rotatable bonds is 1. The van der Waals surface area contributed by atoms with Gasteiger partial charge in [0.1, 0.15) is 6.07 Å². The van der Waals surface area contributed by atoms with Crippen molar-refractivity contribution in [2.75, 3.05) is 4.90 Å². The minimum absolute atomic E-state index is 0.0959. The Morgan fingerprint density at radius 1 is 1.29 bits per heavy atom. The van der Waals surface area contributed by atoms with Gasteiger partial charge in [0.2, 0.25) is 0 Å². The summed E-state index contributed by atoms with van der Waals surface area (Å²) in [7, 11) is 0. The highest BCUT2D eigenvalue weighted by atomic mass is 32.1. The number of amides is 1. The Labute approximate surface area is 100 Å². The number of halogens is 3. The number of carbonyl (C=O) groups excluding carboxylic acids is 1. The molecule has 1 aromatic carbocycles. The zero-order chi connectivity index (χ0) is 13.1. The Bertz CT molecular complexity index is 479. The van der Waals surface area contributed by atoms with Gasteiger partial charge >= 0.3 is 12.1 Å². The summed E-state index contributed by atoms with van der Waals surface area (Å²) in [6.45, 7) is 0. The molecule has 0 atom stereocenters. The van der Waals surface area contributed by atoms with Gasteiger partial charge in [0.05, 0.1) is 5.69 Å². The van der Waals surface area contributed by atoms with Crippen LogP contribution in [0.1, 0.15) is 0 Å². The highest BCUT2D eigenvalue weighted by Crippen LogP contribution is 2.23. The average molecular weight is 258 g/mol. The molecule has 1 aromatic rings. The zero-order valence-electron chi connectivity index (χ0n) is 8.23. The van der Waals surface area contributed by atoms with E-state index in [2.05, 4.69) is 12.2 Å². The molecule has 0 fully saturated rings. The van der Waals surface area contributed by atoms with Crippen LogP contribution < -0.4 is 4.90 Å². The third-order valence-electron chi connectivity index (χ3n) is 1.76. The number of benzene rings is 1. The molecule has 0 radical (unpaired) electrons. The molecule has 17 heavy (non-hydrogen) atoms. The monoisotopic (exact) mass is 258 g/mol. The van der Waals surface area contributed by atoms with E-state index in [1.807, 2.05) is 0 Å². The highest BCUT2D eigenvalue weighted by Gasteiger charge is 2.44. The van der Waals surface area contributed by atoms with E-state index in [1.165, 1.54) is 30.3 Å². The molecule has 0 bridgehead atoms. The lowest BCUT2D eigenvalue weighted by Crippen LogP contribution is -2.43. The Kier molecular flexibility index (Phi) is 3.81. The van der Waals surface area contributed by atoms with E-state index >= 15 is 0 Å². The summed E-state index contributed by atoms with van der Waals surface area (Å²) in [5.74, 6) is -2.18. The first kappa shape index (κ1) is 13.1. The average Bonchev–Trinajstić information content (AvgIpc) is 2.29. The predicted octanol–water partition coefficient (Wildman–Crippen LogP) is 2.43. The van der Waals surface area contributed by atoms with Crippen LogP contribution in [0.4, 0.5) is 18.9 Å². The van der Waals surface area contributed by atoms with Crippen LogP contribution in [0.15, 0.2) is 30.3 Å². The Hall–Kier alpha value is -1.94. The van der Waals surface area contributed by atoms with Gasteiger partial charge in [-0.2, -0.15) is 18.4 Å². The molecule has 0 heterocycles. The third-order valence-corrected chi connectivity index (χ3v) is 2.03. The van der Waals surface area contributed by atoms with Crippen molar-refractivity contribution in [3.63, 3.8) is 0 Å². The first-order chi connectivity index (χ1) is 7.88. The fraction of sp³-hybridized carbons (Fsp3) is 0.100. The largest absolute Gasteiger partial charge is 0.472 e. The molecule has 0 aliphatic rings. The molecule has 0 saturated carbocycles. The van der Waals surface area contributed by atoms with E-state index in [9.17, 15) is 18.0 Å². The summed E-state index contributed by atoms with van der Waals surface area (Å²) in [6, 6.07) is 8.31. The van der Waals surface area contributed by atoms with Crippen LogP contribution in [-0.2, 0) is 4.79 Å². The Morgan fingerprint density at radius 2 is 1.82 bits per heavy atom. The maximum atomic E-state index is 12.3. The molecule has 88 valence electrons. The van der Waals surface area contributed by atoms with Crippen molar-refractivity contribution in [1.82, 2.24) is 0 Å². The number of nitrogens with zero attached hydrogens (tertiary/aromatic N) is 2. The molecule has 0 unspecified atom stereocenters. The van der Waals surface area contributed by atoms with Crippen molar-refractivity contribution < 1.29 is 18.0 Å². The first-order valence-electron chi connectivity index (χ1n) is 4.28. The normalized spacial score (nSPS) is 10.5. The molecule has 1 amide bonds. The quantitative estimate of drug-likeness (QED) is 0.727. The summed E-state index contributed by atoms with van der Waals surface area (Å²) < 4.78 is 37.0.